The highest BCUT2D eigenvalue weighted by molar-refractivity contribution is 7.53. The summed E-state index contributed by atoms with van der Waals surface area (Å²) in [5, 5.41) is 48.6. The fourth-order valence-electron chi connectivity index (χ4n) is 6.75. The SMILES string of the molecule is CCOP(=O)(CCOCCN[C@H]1C[C@H](O[C@H]2C[C@](O)(C(C)=O)Cc3c(O)c4c(c(O)c32)C(=O)c2ccccc2C4=O)O[C@@H](C)[C@H]1O)OCC. The van der Waals surface area contributed by atoms with Gasteiger partial charge in [-0.25, -0.2) is 0 Å². The summed E-state index contributed by atoms with van der Waals surface area (Å²) >= 11 is 0. The molecule has 268 valence electrons. The highest BCUT2D eigenvalue weighted by Crippen LogP contribution is 2.52. The second kappa shape index (κ2) is 15.1. The molecule has 0 radical (unpaired) electrons. The van der Waals surface area contributed by atoms with E-state index in [1.807, 2.05) is 0 Å². The van der Waals surface area contributed by atoms with Crippen molar-refractivity contribution in [2.45, 2.75) is 83.2 Å². The van der Waals surface area contributed by atoms with Crippen LogP contribution < -0.4 is 5.32 Å². The number of ether oxygens (including phenoxy) is 3. The quantitative estimate of drug-likeness (QED) is 0.0929. The van der Waals surface area contributed by atoms with Crippen LogP contribution in [0.5, 0.6) is 11.5 Å². The fourth-order valence-corrected chi connectivity index (χ4v) is 8.22. The molecule has 6 atom stereocenters. The van der Waals surface area contributed by atoms with Crippen molar-refractivity contribution in [2.75, 3.05) is 39.1 Å². The van der Waals surface area contributed by atoms with Gasteiger partial charge in [0.05, 0.1) is 62.0 Å². The van der Waals surface area contributed by atoms with E-state index in [9.17, 15) is 39.4 Å². The molecule has 15 heteroatoms. The second-order valence-corrected chi connectivity index (χ2v) is 14.7. The van der Waals surface area contributed by atoms with Crippen molar-refractivity contribution in [3.63, 3.8) is 0 Å². The van der Waals surface area contributed by atoms with E-state index in [0.29, 0.717) is 6.54 Å². The zero-order valence-electron chi connectivity index (χ0n) is 28.0. The summed E-state index contributed by atoms with van der Waals surface area (Å²) < 4.78 is 41.0. The number of carbonyl (C=O) groups is 3. The van der Waals surface area contributed by atoms with Crippen LogP contribution in [0, 0.1) is 0 Å². The van der Waals surface area contributed by atoms with Gasteiger partial charge in [0.15, 0.2) is 23.6 Å². The number of Topliss-reactive ketones (excluding diaryl/α,β-unsaturated/α-hetero) is 1. The summed E-state index contributed by atoms with van der Waals surface area (Å²) in [7, 11) is -3.24. The third-order valence-corrected chi connectivity index (χ3v) is 11.3. The molecule has 1 saturated heterocycles. The van der Waals surface area contributed by atoms with E-state index in [0.717, 1.165) is 0 Å². The minimum absolute atomic E-state index is 0.0283. The van der Waals surface area contributed by atoms with E-state index < -0.39 is 84.7 Å². The van der Waals surface area contributed by atoms with Crippen LogP contribution in [0.15, 0.2) is 24.3 Å². The third kappa shape index (κ3) is 7.39. The van der Waals surface area contributed by atoms with Crippen molar-refractivity contribution in [3.05, 3.63) is 57.6 Å². The van der Waals surface area contributed by atoms with Crippen molar-refractivity contribution >= 4 is 24.9 Å². The number of hydrogen-bond acceptors (Lipinski definition) is 14. The average Bonchev–Trinajstić information content (AvgIpc) is 3.05. The molecule has 0 amide bonds. The lowest BCUT2D eigenvalue weighted by atomic mass is 9.72. The number of rotatable bonds is 14. The Morgan fingerprint density at radius 3 is 2.24 bits per heavy atom. The van der Waals surface area contributed by atoms with Crippen LogP contribution in [0.1, 0.15) is 89.6 Å². The van der Waals surface area contributed by atoms with Crippen LogP contribution in [0.2, 0.25) is 0 Å². The Balaban J connectivity index is 1.35. The number of phenolic OH excluding ortho intramolecular Hbond substituents is 2. The van der Waals surface area contributed by atoms with Crippen LogP contribution >= 0.6 is 7.60 Å². The number of fused-ring (bicyclic) bond motifs is 3. The fraction of sp³-hybridized carbons (Fsp3) is 0.559. The topological polar surface area (TPSA) is 207 Å². The van der Waals surface area contributed by atoms with Crippen molar-refractivity contribution in [2.24, 2.45) is 0 Å². The highest BCUT2D eigenvalue weighted by Gasteiger charge is 2.49. The molecule has 0 unspecified atom stereocenters. The Labute approximate surface area is 284 Å². The van der Waals surface area contributed by atoms with E-state index in [2.05, 4.69) is 5.32 Å². The van der Waals surface area contributed by atoms with Gasteiger partial charge in [-0.15, -0.1) is 0 Å². The number of carbonyl (C=O) groups excluding carboxylic acids is 3. The first-order valence-electron chi connectivity index (χ1n) is 16.5. The van der Waals surface area contributed by atoms with Crippen molar-refractivity contribution in [1.82, 2.24) is 5.32 Å². The molecule has 0 bridgehead atoms. The molecule has 2 aliphatic carbocycles. The molecule has 2 aromatic carbocycles. The normalized spacial score (nSPS) is 26.6. The maximum Gasteiger partial charge on any atom is 0.332 e. The van der Waals surface area contributed by atoms with E-state index in [-0.39, 0.29) is 73.2 Å². The van der Waals surface area contributed by atoms with E-state index in [1.165, 1.54) is 19.1 Å². The van der Waals surface area contributed by atoms with Gasteiger partial charge in [-0.3, -0.25) is 18.9 Å². The lowest BCUT2D eigenvalue weighted by Gasteiger charge is -2.43. The zero-order valence-corrected chi connectivity index (χ0v) is 28.9. The smallest absolute Gasteiger partial charge is 0.332 e. The van der Waals surface area contributed by atoms with Gasteiger partial charge in [-0.2, -0.15) is 0 Å². The molecule has 14 nitrogen and oxygen atoms in total. The minimum atomic E-state index is -3.24. The lowest BCUT2D eigenvalue weighted by Crippen LogP contribution is -2.55. The molecule has 1 fully saturated rings. The molecule has 1 aliphatic heterocycles. The Kier molecular flexibility index (Phi) is 11.4. The average molecular weight is 706 g/mol. The standard InChI is InChI=1S/C34H44NO13P/c1-5-45-49(43,46-6-2)14-13-44-12-11-35-23-15-25(47-18(3)29(23)37)48-24-17-34(42,19(4)36)16-22-26(24)33(41)28-27(32(22)40)30(38)20-9-7-8-10-21(20)31(28)39/h7-10,18,23-25,29,35,37,40-42H,5-6,11-17H2,1-4H3/t18-,23-,24-,25-,29+,34-/m0/s1. The molecule has 5 N–H and O–H groups in total. The Morgan fingerprint density at radius 2 is 1.65 bits per heavy atom. The third-order valence-electron chi connectivity index (χ3n) is 9.27. The zero-order chi connectivity index (χ0) is 35.7. The highest BCUT2D eigenvalue weighted by atomic mass is 31.2. The number of nitrogens with one attached hydrogen (secondary N) is 1. The van der Waals surface area contributed by atoms with Crippen molar-refractivity contribution in [1.29, 1.82) is 0 Å². The van der Waals surface area contributed by atoms with Gasteiger partial charge in [0.1, 0.15) is 17.1 Å². The molecular weight excluding hydrogens is 661 g/mol. The molecule has 2 aromatic rings. The summed E-state index contributed by atoms with van der Waals surface area (Å²) in [4.78, 5) is 39.8. The van der Waals surface area contributed by atoms with Crippen LogP contribution in [-0.4, -0.2) is 107 Å². The molecule has 49 heavy (non-hydrogen) atoms. The van der Waals surface area contributed by atoms with Crippen LogP contribution in [0.3, 0.4) is 0 Å². The lowest BCUT2D eigenvalue weighted by molar-refractivity contribution is -0.249. The minimum Gasteiger partial charge on any atom is -0.507 e. The second-order valence-electron chi connectivity index (χ2n) is 12.5. The number of benzene rings is 2. The summed E-state index contributed by atoms with van der Waals surface area (Å²) in [6.07, 6.45) is -4.52. The largest absolute Gasteiger partial charge is 0.507 e. The molecule has 1 heterocycles. The number of aliphatic hydroxyl groups excluding tert-OH is 1. The first kappa shape index (κ1) is 37.2. The number of phenols is 2. The van der Waals surface area contributed by atoms with Gasteiger partial charge in [0.2, 0.25) is 0 Å². The molecule has 3 aliphatic rings. The first-order valence-corrected chi connectivity index (χ1v) is 18.2. The summed E-state index contributed by atoms with van der Waals surface area (Å²) in [5.41, 5.74) is -2.80. The molecule has 0 aromatic heterocycles. The van der Waals surface area contributed by atoms with E-state index in [4.69, 9.17) is 23.3 Å². The Bertz CT molecular complexity index is 1640. The van der Waals surface area contributed by atoms with Crippen LogP contribution in [-0.2, 0) is 39.0 Å². The first-order chi connectivity index (χ1) is 23.2. The van der Waals surface area contributed by atoms with Gasteiger partial charge in [0.25, 0.3) is 0 Å². The number of hydrogen-bond donors (Lipinski definition) is 5. The summed E-state index contributed by atoms with van der Waals surface area (Å²) in [6, 6.07) is 5.51. The monoisotopic (exact) mass is 705 g/mol. The number of aliphatic hydroxyl groups is 2. The summed E-state index contributed by atoms with van der Waals surface area (Å²) in [5.74, 6) is -3.16. The molecule has 0 saturated carbocycles. The number of ketones is 3. The number of aromatic hydroxyl groups is 2. The molecular formula is C34H44NO13P. The van der Waals surface area contributed by atoms with E-state index >= 15 is 0 Å². The maximum atomic E-state index is 13.6. The Morgan fingerprint density at radius 1 is 1.04 bits per heavy atom. The van der Waals surface area contributed by atoms with Crippen LogP contribution in [0.25, 0.3) is 0 Å². The van der Waals surface area contributed by atoms with Crippen molar-refractivity contribution in [3.8, 4) is 11.5 Å². The van der Waals surface area contributed by atoms with Gasteiger partial charge < -0.3 is 49.0 Å². The van der Waals surface area contributed by atoms with Gasteiger partial charge in [0, 0.05) is 54.1 Å². The maximum absolute atomic E-state index is 13.6. The van der Waals surface area contributed by atoms with E-state index in [1.54, 1.807) is 32.9 Å². The predicted molar refractivity (Wildman–Crippen MR) is 174 cm³/mol. The summed E-state index contributed by atoms with van der Waals surface area (Å²) in [6.45, 7) is 7.45. The van der Waals surface area contributed by atoms with Gasteiger partial charge in [-0.1, -0.05) is 24.3 Å². The Hall–Kier alpha value is -3.04. The van der Waals surface area contributed by atoms with Gasteiger partial charge in [-0.05, 0) is 27.7 Å². The van der Waals surface area contributed by atoms with Gasteiger partial charge >= 0.3 is 7.60 Å². The predicted octanol–water partition coefficient (Wildman–Crippen LogP) is 2.93. The molecule has 5 rings (SSSR count). The molecule has 0 spiro atoms. The van der Waals surface area contributed by atoms with Crippen molar-refractivity contribution < 1.29 is 62.6 Å². The van der Waals surface area contributed by atoms with Crippen LogP contribution in [0.4, 0.5) is 0 Å².